The summed E-state index contributed by atoms with van der Waals surface area (Å²) in [4.78, 5) is 41.0. The Morgan fingerprint density at radius 2 is 1.91 bits per heavy atom. The molecule has 3 aromatic rings. The Bertz CT molecular complexity index is 1140. The number of anilines is 1. The average molecular weight is 435 g/mol. The van der Waals surface area contributed by atoms with Gasteiger partial charge in [0, 0.05) is 11.9 Å². The van der Waals surface area contributed by atoms with Gasteiger partial charge in [-0.1, -0.05) is 37.6 Å². The maximum atomic E-state index is 12.6. The van der Waals surface area contributed by atoms with E-state index in [-0.39, 0.29) is 11.5 Å². The first-order chi connectivity index (χ1) is 15.3. The third-order valence-corrected chi connectivity index (χ3v) is 4.66. The number of hydrogen-bond donors (Lipinski definition) is 2. The van der Waals surface area contributed by atoms with Crippen LogP contribution in [-0.2, 0) is 9.53 Å². The summed E-state index contributed by atoms with van der Waals surface area (Å²) in [6.45, 7) is 7.02. The molecule has 0 saturated heterocycles. The number of ether oxygens (including phenoxy) is 1. The Balaban J connectivity index is 1.61. The van der Waals surface area contributed by atoms with E-state index < -0.39 is 24.5 Å². The van der Waals surface area contributed by atoms with Crippen molar-refractivity contribution in [3.63, 3.8) is 0 Å². The van der Waals surface area contributed by atoms with Gasteiger partial charge in [-0.2, -0.15) is 5.10 Å². The van der Waals surface area contributed by atoms with Crippen LogP contribution in [-0.4, -0.2) is 39.3 Å². The molecule has 0 bridgehead atoms. The van der Waals surface area contributed by atoms with E-state index in [0.29, 0.717) is 17.2 Å². The number of carbonyl (C=O) groups is 3. The van der Waals surface area contributed by atoms with Crippen molar-refractivity contribution >= 4 is 23.6 Å². The van der Waals surface area contributed by atoms with E-state index in [1.165, 1.54) is 6.20 Å². The molecule has 0 atom stereocenters. The van der Waals surface area contributed by atoms with Gasteiger partial charge in [-0.05, 0) is 43.5 Å². The van der Waals surface area contributed by atoms with Gasteiger partial charge in [0.1, 0.15) is 5.56 Å². The van der Waals surface area contributed by atoms with Crippen LogP contribution in [0.25, 0.3) is 5.82 Å². The molecular formula is C23H25N5O4. The highest BCUT2D eigenvalue weighted by Crippen LogP contribution is 2.23. The standard InChI is InChI=1S/C23H25N5O4/c1-14(2)21-17(12-25-28(21)19-7-5-6-10-24-19)22(30)32-13-20(29)27-23(31)26-18-9-8-15(3)11-16(18)4/h5-12,14H,13H2,1-4H3,(H2,26,27,29,31). The van der Waals surface area contributed by atoms with Gasteiger partial charge in [0.25, 0.3) is 5.91 Å². The van der Waals surface area contributed by atoms with Crippen LogP contribution >= 0.6 is 0 Å². The first-order valence-corrected chi connectivity index (χ1v) is 10.1. The van der Waals surface area contributed by atoms with Crippen molar-refractivity contribution in [3.05, 3.63) is 71.2 Å². The molecule has 0 saturated carbocycles. The maximum Gasteiger partial charge on any atom is 0.342 e. The van der Waals surface area contributed by atoms with Gasteiger partial charge in [-0.25, -0.2) is 19.3 Å². The van der Waals surface area contributed by atoms with Crippen LogP contribution in [0, 0.1) is 13.8 Å². The van der Waals surface area contributed by atoms with Crippen molar-refractivity contribution in [2.75, 3.05) is 11.9 Å². The molecule has 0 aliphatic heterocycles. The minimum absolute atomic E-state index is 0.0561. The third kappa shape index (κ3) is 5.37. The number of nitrogens with one attached hydrogen (secondary N) is 2. The van der Waals surface area contributed by atoms with E-state index in [2.05, 4.69) is 20.7 Å². The highest BCUT2D eigenvalue weighted by Gasteiger charge is 2.23. The Morgan fingerprint density at radius 3 is 2.56 bits per heavy atom. The zero-order valence-corrected chi connectivity index (χ0v) is 18.4. The number of hydrogen-bond acceptors (Lipinski definition) is 6. The molecule has 0 spiro atoms. The number of amides is 3. The topological polar surface area (TPSA) is 115 Å². The van der Waals surface area contributed by atoms with Crippen molar-refractivity contribution in [1.29, 1.82) is 0 Å². The molecule has 32 heavy (non-hydrogen) atoms. The Kier molecular flexibility index (Phi) is 6.99. The number of esters is 1. The van der Waals surface area contributed by atoms with Gasteiger partial charge in [0.05, 0.1) is 11.9 Å². The van der Waals surface area contributed by atoms with E-state index in [1.807, 2.05) is 45.9 Å². The van der Waals surface area contributed by atoms with Crippen LogP contribution in [0.4, 0.5) is 10.5 Å². The number of urea groups is 1. The van der Waals surface area contributed by atoms with Gasteiger partial charge >= 0.3 is 12.0 Å². The van der Waals surface area contributed by atoms with Crippen LogP contribution < -0.4 is 10.6 Å². The summed E-state index contributed by atoms with van der Waals surface area (Å²) >= 11 is 0. The predicted octanol–water partition coefficient (Wildman–Crippen LogP) is 3.51. The molecule has 3 amide bonds. The number of pyridine rings is 1. The first-order valence-electron chi connectivity index (χ1n) is 10.1. The number of rotatable bonds is 6. The second-order valence-electron chi connectivity index (χ2n) is 7.59. The van der Waals surface area contributed by atoms with Crippen LogP contribution in [0.1, 0.15) is 46.9 Å². The molecule has 9 heteroatoms. The quantitative estimate of drug-likeness (QED) is 0.573. The van der Waals surface area contributed by atoms with Gasteiger partial charge in [-0.15, -0.1) is 0 Å². The van der Waals surface area contributed by atoms with Crippen LogP contribution in [0.2, 0.25) is 0 Å². The molecule has 0 radical (unpaired) electrons. The number of carbonyl (C=O) groups excluding carboxylic acids is 3. The number of aromatic nitrogens is 3. The molecule has 1 aromatic carbocycles. The monoisotopic (exact) mass is 435 g/mol. The molecule has 2 heterocycles. The van der Waals surface area contributed by atoms with E-state index in [1.54, 1.807) is 29.1 Å². The largest absolute Gasteiger partial charge is 0.452 e. The van der Waals surface area contributed by atoms with Crippen molar-refractivity contribution in [2.24, 2.45) is 0 Å². The van der Waals surface area contributed by atoms with E-state index >= 15 is 0 Å². The number of benzene rings is 1. The lowest BCUT2D eigenvalue weighted by Crippen LogP contribution is -2.37. The molecule has 0 fully saturated rings. The highest BCUT2D eigenvalue weighted by atomic mass is 16.5. The summed E-state index contributed by atoms with van der Waals surface area (Å²) in [5.41, 5.74) is 3.36. The molecule has 2 aromatic heterocycles. The third-order valence-electron chi connectivity index (χ3n) is 4.66. The zero-order chi connectivity index (χ0) is 23.3. The van der Waals surface area contributed by atoms with Gasteiger partial charge in [-0.3, -0.25) is 10.1 Å². The summed E-state index contributed by atoms with van der Waals surface area (Å²) in [5, 5.41) is 9.00. The Hall–Kier alpha value is -4.01. The summed E-state index contributed by atoms with van der Waals surface area (Å²) in [6.07, 6.45) is 3.02. The second kappa shape index (κ2) is 9.86. The minimum atomic E-state index is -0.746. The minimum Gasteiger partial charge on any atom is -0.452 e. The Labute approximate surface area is 185 Å². The zero-order valence-electron chi connectivity index (χ0n) is 18.4. The number of nitrogens with zero attached hydrogens (tertiary/aromatic N) is 3. The van der Waals surface area contributed by atoms with Crippen LogP contribution in [0.15, 0.2) is 48.8 Å². The molecule has 3 rings (SSSR count). The van der Waals surface area contributed by atoms with E-state index in [9.17, 15) is 14.4 Å². The summed E-state index contributed by atoms with van der Waals surface area (Å²) in [5.74, 6) is -0.944. The smallest absolute Gasteiger partial charge is 0.342 e. The average Bonchev–Trinajstić information content (AvgIpc) is 3.20. The van der Waals surface area contributed by atoms with Crippen molar-refractivity contribution < 1.29 is 19.1 Å². The van der Waals surface area contributed by atoms with E-state index in [0.717, 1.165) is 11.1 Å². The lowest BCUT2D eigenvalue weighted by Gasteiger charge is -2.12. The fourth-order valence-corrected chi connectivity index (χ4v) is 3.21. The Morgan fingerprint density at radius 1 is 1.12 bits per heavy atom. The molecule has 0 aliphatic rings. The fraction of sp³-hybridized carbons (Fsp3) is 0.261. The van der Waals surface area contributed by atoms with Crippen LogP contribution in [0.5, 0.6) is 0 Å². The van der Waals surface area contributed by atoms with Gasteiger partial charge in [0.15, 0.2) is 12.4 Å². The van der Waals surface area contributed by atoms with Gasteiger partial charge in [0.2, 0.25) is 0 Å². The van der Waals surface area contributed by atoms with Crippen molar-refractivity contribution in [2.45, 2.75) is 33.6 Å². The fourth-order valence-electron chi connectivity index (χ4n) is 3.21. The summed E-state index contributed by atoms with van der Waals surface area (Å²) in [7, 11) is 0. The lowest BCUT2D eigenvalue weighted by molar-refractivity contribution is -0.123. The molecule has 2 N–H and O–H groups in total. The molecular weight excluding hydrogens is 410 g/mol. The van der Waals surface area contributed by atoms with Crippen molar-refractivity contribution in [1.82, 2.24) is 20.1 Å². The number of imide groups is 1. The van der Waals surface area contributed by atoms with Gasteiger partial charge < -0.3 is 10.1 Å². The first kappa shape index (κ1) is 22.7. The van der Waals surface area contributed by atoms with Crippen LogP contribution in [0.3, 0.4) is 0 Å². The highest BCUT2D eigenvalue weighted by molar-refractivity contribution is 6.02. The second-order valence-corrected chi connectivity index (χ2v) is 7.59. The lowest BCUT2D eigenvalue weighted by atomic mass is 10.1. The summed E-state index contributed by atoms with van der Waals surface area (Å²) in [6, 6.07) is 10.2. The molecule has 9 nitrogen and oxygen atoms in total. The maximum absolute atomic E-state index is 12.6. The summed E-state index contributed by atoms with van der Waals surface area (Å²) < 4.78 is 6.68. The predicted molar refractivity (Wildman–Crippen MR) is 119 cm³/mol. The molecule has 0 aliphatic carbocycles. The molecule has 0 unspecified atom stereocenters. The molecule has 166 valence electrons. The number of aryl methyl sites for hydroxylation is 2. The SMILES string of the molecule is Cc1ccc(NC(=O)NC(=O)COC(=O)c2cnn(-c3ccccn3)c2C(C)C)c(C)c1. The normalized spacial score (nSPS) is 10.7. The van der Waals surface area contributed by atoms with E-state index in [4.69, 9.17) is 4.74 Å². The van der Waals surface area contributed by atoms with Crippen molar-refractivity contribution in [3.8, 4) is 5.82 Å².